The zero-order chi connectivity index (χ0) is 26.6. The average molecular weight is 543 g/mol. The lowest BCUT2D eigenvalue weighted by Gasteiger charge is -2.09. The van der Waals surface area contributed by atoms with Gasteiger partial charge in [0, 0.05) is 5.69 Å². The average Bonchev–Trinajstić information content (AvgIpc) is 2.90. The summed E-state index contributed by atoms with van der Waals surface area (Å²) < 4.78 is 11.0. The van der Waals surface area contributed by atoms with Gasteiger partial charge in [-0.05, 0) is 60.5 Å². The van der Waals surface area contributed by atoms with Crippen molar-refractivity contribution in [2.75, 3.05) is 23.8 Å². The van der Waals surface area contributed by atoms with E-state index in [-0.39, 0.29) is 11.6 Å². The number of halogens is 2. The molecule has 0 spiro atoms. The maximum atomic E-state index is 12.2. The van der Waals surface area contributed by atoms with Crippen LogP contribution in [0.25, 0.3) is 0 Å². The second kappa shape index (κ2) is 13.9. The predicted molar refractivity (Wildman–Crippen MR) is 144 cm³/mol. The molecule has 0 aromatic heterocycles. The van der Waals surface area contributed by atoms with Crippen LogP contribution in [0.2, 0.25) is 10.0 Å². The smallest absolute Gasteiger partial charge is 0.329 e. The van der Waals surface area contributed by atoms with Gasteiger partial charge >= 0.3 is 11.8 Å². The van der Waals surface area contributed by atoms with E-state index in [1.54, 1.807) is 66.7 Å². The largest absolute Gasteiger partial charge is 0.494 e. The fourth-order valence-corrected chi connectivity index (χ4v) is 3.23. The number of hydrazone groups is 1. The summed E-state index contributed by atoms with van der Waals surface area (Å²) in [4.78, 5) is 36.3. The number of amides is 3. The first-order valence-corrected chi connectivity index (χ1v) is 11.9. The molecule has 0 aliphatic carbocycles. The monoisotopic (exact) mass is 542 g/mol. The number of nitrogens with one attached hydrogen (secondary N) is 3. The third-order valence-electron chi connectivity index (χ3n) is 4.62. The number of ether oxygens (including phenoxy) is 2. The highest BCUT2D eigenvalue weighted by atomic mass is 35.5. The lowest BCUT2D eigenvalue weighted by molar-refractivity contribution is -0.136. The fraction of sp³-hybridized carbons (Fsp3) is 0.154. The molecule has 0 saturated carbocycles. The number of hydrogen-bond donors (Lipinski definition) is 3. The van der Waals surface area contributed by atoms with Gasteiger partial charge in [-0.1, -0.05) is 48.3 Å². The second-order valence-electron chi connectivity index (χ2n) is 7.54. The Hall–Kier alpha value is -4.08. The molecule has 192 valence electrons. The molecule has 0 fully saturated rings. The quantitative estimate of drug-likeness (QED) is 0.191. The third-order valence-corrected chi connectivity index (χ3v) is 5.44. The normalized spacial score (nSPS) is 10.6. The minimum atomic E-state index is -0.939. The van der Waals surface area contributed by atoms with Crippen molar-refractivity contribution in [2.24, 2.45) is 5.10 Å². The van der Waals surface area contributed by atoms with Gasteiger partial charge in [-0.3, -0.25) is 14.4 Å². The van der Waals surface area contributed by atoms with Crippen LogP contribution in [0.3, 0.4) is 0 Å². The van der Waals surface area contributed by atoms with Crippen LogP contribution < -0.4 is 25.5 Å². The van der Waals surface area contributed by atoms with Crippen molar-refractivity contribution in [3.8, 4) is 11.5 Å². The first-order valence-electron chi connectivity index (χ1n) is 11.2. The molecule has 3 amide bonds. The summed E-state index contributed by atoms with van der Waals surface area (Å²) in [5.41, 5.74) is 3.55. The maximum absolute atomic E-state index is 12.2. The van der Waals surface area contributed by atoms with E-state index in [2.05, 4.69) is 21.2 Å². The maximum Gasteiger partial charge on any atom is 0.329 e. The van der Waals surface area contributed by atoms with E-state index in [1.807, 2.05) is 6.92 Å². The highest BCUT2D eigenvalue weighted by Gasteiger charge is 2.13. The molecule has 11 heteroatoms. The summed E-state index contributed by atoms with van der Waals surface area (Å²) in [5, 5.41) is 9.46. The van der Waals surface area contributed by atoms with Crippen molar-refractivity contribution in [1.29, 1.82) is 0 Å². The van der Waals surface area contributed by atoms with Crippen molar-refractivity contribution in [2.45, 2.75) is 13.3 Å². The number of carbonyl (C=O) groups is 3. The SMILES string of the molecule is CCCOc1ccc(NC(=O)C(=O)N/N=C\c2cccc(OCC(=O)Nc3cccc(Cl)c3Cl)c2)cc1. The second-order valence-corrected chi connectivity index (χ2v) is 8.32. The van der Waals surface area contributed by atoms with Crippen LogP contribution in [0, 0.1) is 0 Å². The van der Waals surface area contributed by atoms with Crippen molar-refractivity contribution in [1.82, 2.24) is 5.43 Å². The zero-order valence-electron chi connectivity index (χ0n) is 19.8. The van der Waals surface area contributed by atoms with Gasteiger partial charge in [-0.15, -0.1) is 0 Å². The van der Waals surface area contributed by atoms with Gasteiger partial charge in [-0.2, -0.15) is 5.10 Å². The standard InChI is InChI=1S/C26H24Cl2N4O5/c1-2-13-36-19-11-9-18(10-12-19)30-25(34)26(35)32-29-15-17-5-3-6-20(14-17)37-16-23(33)31-22-8-4-7-21(27)24(22)28/h3-12,14-15H,2,13,16H2,1H3,(H,30,34)(H,31,33)(H,32,35)/b29-15-. The number of rotatable bonds is 10. The van der Waals surface area contributed by atoms with Crippen LogP contribution in [0.1, 0.15) is 18.9 Å². The Morgan fingerprint density at radius 2 is 1.65 bits per heavy atom. The van der Waals surface area contributed by atoms with Gasteiger partial charge in [0.1, 0.15) is 11.5 Å². The summed E-state index contributed by atoms with van der Waals surface area (Å²) in [5.74, 6) is -1.17. The van der Waals surface area contributed by atoms with Crippen LogP contribution in [0.15, 0.2) is 71.8 Å². The fourth-order valence-electron chi connectivity index (χ4n) is 2.88. The van der Waals surface area contributed by atoms with Gasteiger partial charge < -0.3 is 20.1 Å². The predicted octanol–water partition coefficient (Wildman–Crippen LogP) is 4.89. The molecule has 0 heterocycles. The molecule has 0 saturated heterocycles. The van der Waals surface area contributed by atoms with Gasteiger partial charge in [0.25, 0.3) is 5.91 Å². The van der Waals surface area contributed by atoms with Gasteiger partial charge in [0.05, 0.1) is 28.6 Å². The Labute approximate surface area is 223 Å². The first-order chi connectivity index (χ1) is 17.9. The van der Waals surface area contributed by atoms with Crippen LogP contribution in [0.5, 0.6) is 11.5 Å². The molecule has 9 nitrogen and oxygen atoms in total. The van der Waals surface area contributed by atoms with E-state index in [1.165, 1.54) is 6.21 Å². The number of hydrogen-bond acceptors (Lipinski definition) is 6. The molecule has 3 rings (SSSR count). The van der Waals surface area contributed by atoms with Crippen LogP contribution >= 0.6 is 23.2 Å². The number of anilines is 2. The third kappa shape index (κ3) is 8.82. The van der Waals surface area contributed by atoms with Crippen LogP contribution in [0.4, 0.5) is 11.4 Å². The molecule has 37 heavy (non-hydrogen) atoms. The molecule has 0 bridgehead atoms. The minimum absolute atomic E-state index is 0.237. The van der Waals surface area contributed by atoms with E-state index < -0.39 is 17.7 Å². The molecular weight excluding hydrogens is 519 g/mol. The Bertz CT molecular complexity index is 1280. The summed E-state index contributed by atoms with van der Waals surface area (Å²) in [6.07, 6.45) is 2.22. The molecule has 3 aromatic carbocycles. The lowest BCUT2D eigenvalue weighted by atomic mass is 10.2. The molecule has 0 radical (unpaired) electrons. The molecule has 0 aliphatic heterocycles. The molecule has 0 atom stereocenters. The zero-order valence-corrected chi connectivity index (χ0v) is 21.3. The molecule has 0 unspecified atom stereocenters. The Morgan fingerprint density at radius 3 is 2.41 bits per heavy atom. The van der Waals surface area contributed by atoms with E-state index in [9.17, 15) is 14.4 Å². The topological polar surface area (TPSA) is 118 Å². The summed E-state index contributed by atoms with van der Waals surface area (Å²) >= 11 is 12.0. The van der Waals surface area contributed by atoms with E-state index >= 15 is 0 Å². The summed E-state index contributed by atoms with van der Waals surface area (Å²) in [6, 6.07) is 18.2. The minimum Gasteiger partial charge on any atom is -0.494 e. The van der Waals surface area contributed by atoms with E-state index in [4.69, 9.17) is 32.7 Å². The molecular formula is C26H24Cl2N4O5. The Balaban J connectivity index is 1.46. The van der Waals surface area contributed by atoms with Crippen LogP contribution in [-0.4, -0.2) is 37.1 Å². The van der Waals surface area contributed by atoms with E-state index in [0.717, 1.165) is 6.42 Å². The lowest BCUT2D eigenvalue weighted by Crippen LogP contribution is -2.32. The van der Waals surface area contributed by atoms with Crippen molar-refractivity contribution in [3.05, 3.63) is 82.3 Å². The first kappa shape index (κ1) is 27.5. The van der Waals surface area contributed by atoms with Crippen molar-refractivity contribution >= 4 is 58.5 Å². The summed E-state index contributed by atoms with van der Waals surface area (Å²) in [7, 11) is 0. The van der Waals surface area contributed by atoms with Crippen molar-refractivity contribution in [3.63, 3.8) is 0 Å². The highest BCUT2D eigenvalue weighted by Crippen LogP contribution is 2.29. The number of carbonyl (C=O) groups excluding carboxylic acids is 3. The molecule has 0 aliphatic rings. The Kier molecular flexibility index (Phi) is 10.3. The number of benzene rings is 3. The Morgan fingerprint density at radius 1 is 0.892 bits per heavy atom. The molecule has 3 N–H and O–H groups in total. The van der Waals surface area contributed by atoms with Crippen LogP contribution in [-0.2, 0) is 14.4 Å². The molecule has 3 aromatic rings. The highest BCUT2D eigenvalue weighted by molar-refractivity contribution is 6.44. The summed E-state index contributed by atoms with van der Waals surface area (Å²) in [6.45, 7) is 2.32. The van der Waals surface area contributed by atoms with Gasteiger partial charge in [0.2, 0.25) is 0 Å². The van der Waals surface area contributed by atoms with Gasteiger partial charge in [-0.25, -0.2) is 5.43 Å². The van der Waals surface area contributed by atoms with E-state index in [0.29, 0.717) is 40.1 Å². The number of nitrogens with zero attached hydrogens (tertiary/aromatic N) is 1. The van der Waals surface area contributed by atoms with Crippen molar-refractivity contribution < 1.29 is 23.9 Å². The van der Waals surface area contributed by atoms with Gasteiger partial charge in [0.15, 0.2) is 6.61 Å².